The SMILES string of the molecule is Nc1[nH]ncc1C(O)Cc1ccco1. The van der Waals surface area contributed by atoms with Gasteiger partial charge in [-0.25, -0.2) is 0 Å². The number of rotatable bonds is 3. The predicted molar refractivity (Wildman–Crippen MR) is 50.4 cm³/mol. The zero-order valence-electron chi connectivity index (χ0n) is 7.47. The largest absolute Gasteiger partial charge is 0.469 e. The Labute approximate surface area is 80.5 Å². The molecule has 2 heterocycles. The van der Waals surface area contributed by atoms with Gasteiger partial charge in [0.05, 0.1) is 18.6 Å². The molecule has 14 heavy (non-hydrogen) atoms. The Kier molecular flexibility index (Phi) is 2.24. The predicted octanol–water partition coefficient (Wildman–Crippen LogP) is 0.861. The highest BCUT2D eigenvalue weighted by atomic mass is 16.3. The Balaban J connectivity index is 2.10. The van der Waals surface area contributed by atoms with E-state index in [2.05, 4.69) is 10.2 Å². The molecule has 1 atom stereocenters. The third-order valence-electron chi connectivity index (χ3n) is 2.03. The van der Waals surface area contributed by atoms with Crippen LogP contribution in [0, 0.1) is 0 Å². The number of aromatic amines is 1. The molecule has 1 unspecified atom stereocenters. The molecule has 0 amide bonds. The van der Waals surface area contributed by atoms with Crippen molar-refractivity contribution in [1.29, 1.82) is 0 Å². The molecule has 0 saturated heterocycles. The van der Waals surface area contributed by atoms with Gasteiger partial charge in [-0.3, -0.25) is 5.10 Å². The van der Waals surface area contributed by atoms with E-state index in [9.17, 15) is 5.11 Å². The molecule has 0 saturated carbocycles. The van der Waals surface area contributed by atoms with Gasteiger partial charge in [-0.15, -0.1) is 0 Å². The molecule has 5 heteroatoms. The van der Waals surface area contributed by atoms with Crippen LogP contribution in [0.4, 0.5) is 5.82 Å². The van der Waals surface area contributed by atoms with Gasteiger partial charge in [0.2, 0.25) is 0 Å². The molecule has 0 fully saturated rings. The number of aromatic nitrogens is 2. The summed E-state index contributed by atoms with van der Waals surface area (Å²) in [4.78, 5) is 0. The van der Waals surface area contributed by atoms with Crippen LogP contribution in [0.1, 0.15) is 17.4 Å². The Morgan fingerprint density at radius 1 is 1.64 bits per heavy atom. The van der Waals surface area contributed by atoms with Crippen LogP contribution in [0.15, 0.2) is 29.0 Å². The summed E-state index contributed by atoms with van der Waals surface area (Å²) >= 11 is 0. The van der Waals surface area contributed by atoms with E-state index in [-0.39, 0.29) is 0 Å². The summed E-state index contributed by atoms with van der Waals surface area (Å²) in [6, 6.07) is 3.58. The summed E-state index contributed by atoms with van der Waals surface area (Å²) in [5.74, 6) is 1.11. The fourth-order valence-electron chi connectivity index (χ4n) is 1.30. The minimum atomic E-state index is -0.681. The number of nitrogen functional groups attached to an aromatic ring is 1. The number of furan rings is 1. The highest BCUT2D eigenvalue weighted by Gasteiger charge is 2.14. The lowest BCUT2D eigenvalue weighted by molar-refractivity contribution is 0.171. The fourth-order valence-corrected chi connectivity index (χ4v) is 1.30. The third kappa shape index (κ3) is 1.62. The number of H-pyrrole nitrogens is 1. The van der Waals surface area contributed by atoms with Crippen LogP contribution in [0.2, 0.25) is 0 Å². The zero-order chi connectivity index (χ0) is 9.97. The van der Waals surface area contributed by atoms with Gasteiger partial charge in [-0.2, -0.15) is 5.10 Å². The van der Waals surface area contributed by atoms with Crippen molar-refractivity contribution in [2.75, 3.05) is 5.73 Å². The van der Waals surface area contributed by atoms with Gasteiger partial charge >= 0.3 is 0 Å². The standard InChI is InChI=1S/C9H11N3O2/c10-9-7(5-11-12-9)8(13)4-6-2-1-3-14-6/h1-3,5,8,13H,4H2,(H3,10,11,12). The van der Waals surface area contributed by atoms with E-state index in [0.717, 1.165) is 5.76 Å². The summed E-state index contributed by atoms with van der Waals surface area (Å²) < 4.78 is 5.11. The third-order valence-corrected chi connectivity index (χ3v) is 2.03. The number of hydrogen-bond acceptors (Lipinski definition) is 4. The van der Waals surface area contributed by atoms with Crippen LogP contribution in [0.5, 0.6) is 0 Å². The first-order valence-electron chi connectivity index (χ1n) is 4.26. The summed E-state index contributed by atoms with van der Waals surface area (Å²) in [6.07, 6.45) is 2.81. The molecule has 2 rings (SSSR count). The van der Waals surface area contributed by atoms with Gasteiger partial charge in [0.1, 0.15) is 11.6 Å². The van der Waals surface area contributed by atoms with Gasteiger partial charge in [-0.05, 0) is 12.1 Å². The van der Waals surface area contributed by atoms with Crippen molar-refractivity contribution in [3.8, 4) is 0 Å². The quantitative estimate of drug-likeness (QED) is 0.674. The molecule has 0 aliphatic carbocycles. The van der Waals surface area contributed by atoms with E-state index >= 15 is 0 Å². The first-order chi connectivity index (χ1) is 6.77. The molecule has 0 aromatic carbocycles. The first kappa shape index (κ1) is 8.83. The molecule has 2 aromatic heterocycles. The molecule has 0 bridgehead atoms. The van der Waals surface area contributed by atoms with Gasteiger partial charge in [0.15, 0.2) is 0 Å². The molecule has 2 aromatic rings. The second kappa shape index (κ2) is 3.55. The summed E-state index contributed by atoms with van der Waals surface area (Å²) in [5, 5.41) is 16.1. The average molecular weight is 193 g/mol. The molecule has 74 valence electrons. The van der Waals surface area contributed by atoms with Crippen molar-refractivity contribution in [3.63, 3.8) is 0 Å². The molecular formula is C9H11N3O2. The highest BCUT2D eigenvalue weighted by molar-refractivity contribution is 5.38. The van der Waals surface area contributed by atoms with E-state index in [4.69, 9.17) is 10.2 Å². The Morgan fingerprint density at radius 3 is 3.07 bits per heavy atom. The van der Waals surface area contributed by atoms with Crippen LogP contribution in [0.3, 0.4) is 0 Å². The first-order valence-corrected chi connectivity index (χ1v) is 4.26. The number of hydrogen-bond donors (Lipinski definition) is 3. The van der Waals surface area contributed by atoms with E-state index in [1.807, 2.05) is 0 Å². The molecule has 0 radical (unpaired) electrons. The zero-order valence-corrected chi connectivity index (χ0v) is 7.47. The fraction of sp³-hybridized carbons (Fsp3) is 0.222. The highest BCUT2D eigenvalue weighted by Crippen LogP contribution is 2.21. The Hall–Kier alpha value is -1.75. The van der Waals surface area contributed by atoms with Crippen molar-refractivity contribution in [3.05, 3.63) is 35.9 Å². The van der Waals surface area contributed by atoms with Crippen LogP contribution in [-0.2, 0) is 6.42 Å². The normalized spacial score (nSPS) is 12.9. The van der Waals surface area contributed by atoms with E-state index < -0.39 is 6.10 Å². The second-order valence-corrected chi connectivity index (χ2v) is 3.04. The number of aliphatic hydroxyl groups is 1. The van der Waals surface area contributed by atoms with Crippen molar-refractivity contribution >= 4 is 5.82 Å². The van der Waals surface area contributed by atoms with Crippen LogP contribution in [0.25, 0.3) is 0 Å². The maximum atomic E-state index is 9.76. The molecular weight excluding hydrogens is 182 g/mol. The van der Waals surface area contributed by atoms with Crippen LogP contribution < -0.4 is 5.73 Å². The lowest BCUT2D eigenvalue weighted by Gasteiger charge is -2.06. The number of anilines is 1. The molecule has 0 aliphatic heterocycles. The summed E-state index contributed by atoms with van der Waals surface area (Å²) in [6.45, 7) is 0. The number of aliphatic hydroxyl groups excluding tert-OH is 1. The molecule has 0 spiro atoms. The minimum absolute atomic E-state index is 0.393. The molecule has 0 aliphatic rings. The van der Waals surface area contributed by atoms with Gasteiger partial charge in [0, 0.05) is 12.0 Å². The molecule has 5 nitrogen and oxygen atoms in total. The smallest absolute Gasteiger partial charge is 0.124 e. The number of nitrogens with one attached hydrogen (secondary N) is 1. The van der Waals surface area contributed by atoms with Gasteiger partial charge in [0.25, 0.3) is 0 Å². The van der Waals surface area contributed by atoms with E-state index in [1.165, 1.54) is 6.20 Å². The lowest BCUT2D eigenvalue weighted by Crippen LogP contribution is -2.03. The van der Waals surface area contributed by atoms with Crippen molar-refractivity contribution in [2.45, 2.75) is 12.5 Å². The van der Waals surface area contributed by atoms with Crippen molar-refractivity contribution in [1.82, 2.24) is 10.2 Å². The topological polar surface area (TPSA) is 88.1 Å². The summed E-state index contributed by atoms with van der Waals surface area (Å²) in [5.41, 5.74) is 6.16. The second-order valence-electron chi connectivity index (χ2n) is 3.04. The van der Waals surface area contributed by atoms with Crippen molar-refractivity contribution < 1.29 is 9.52 Å². The number of nitrogens with two attached hydrogens (primary N) is 1. The van der Waals surface area contributed by atoms with Crippen LogP contribution in [-0.4, -0.2) is 15.3 Å². The maximum absolute atomic E-state index is 9.76. The molecule has 4 N–H and O–H groups in total. The van der Waals surface area contributed by atoms with Gasteiger partial charge < -0.3 is 15.3 Å². The maximum Gasteiger partial charge on any atom is 0.124 e. The minimum Gasteiger partial charge on any atom is -0.469 e. The Morgan fingerprint density at radius 2 is 2.50 bits per heavy atom. The monoisotopic (exact) mass is 193 g/mol. The van der Waals surface area contributed by atoms with Crippen molar-refractivity contribution in [2.24, 2.45) is 0 Å². The van der Waals surface area contributed by atoms with E-state index in [0.29, 0.717) is 17.8 Å². The van der Waals surface area contributed by atoms with Crippen LogP contribution >= 0.6 is 0 Å². The average Bonchev–Trinajstić information content (AvgIpc) is 2.75. The number of nitrogens with zero attached hydrogens (tertiary/aromatic N) is 1. The lowest BCUT2D eigenvalue weighted by atomic mass is 10.1. The van der Waals surface area contributed by atoms with E-state index in [1.54, 1.807) is 18.4 Å². The summed E-state index contributed by atoms with van der Waals surface area (Å²) in [7, 11) is 0. The van der Waals surface area contributed by atoms with Gasteiger partial charge in [-0.1, -0.05) is 0 Å². The Bertz CT molecular complexity index is 394.